The van der Waals surface area contributed by atoms with Crippen molar-refractivity contribution >= 4 is 0 Å². The van der Waals surface area contributed by atoms with Crippen molar-refractivity contribution in [1.82, 2.24) is 0 Å². The maximum absolute atomic E-state index is 9.78. The number of unbranched alkanes of at least 4 members (excludes halogenated alkanes) is 4. The highest BCUT2D eigenvalue weighted by Gasteiger charge is 2.42. The van der Waals surface area contributed by atoms with Crippen molar-refractivity contribution in [1.29, 1.82) is 5.26 Å². The third kappa shape index (κ3) is 4.74. The van der Waals surface area contributed by atoms with E-state index in [9.17, 15) is 5.26 Å². The molecule has 0 saturated heterocycles. The van der Waals surface area contributed by atoms with Gasteiger partial charge in [0.25, 0.3) is 0 Å². The van der Waals surface area contributed by atoms with Gasteiger partial charge in [0, 0.05) is 0 Å². The number of fused-ring (bicyclic) bond motifs is 1. The highest BCUT2D eigenvalue weighted by molar-refractivity contribution is 5.04. The van der Waals surface area contributed by atoms with Crippen molar-refractivity contribution in [3.63, 3.8) is 0 Å². The van der Waals surface area contributed by atoms with Crippen LogP contribution in [-0.4, -0.2) is 0 Å². The zero-order chi connectivity index (χ0) is 15.8. The summed E-state index contributed by atoms with van der Waals surface area (Å²) in [5.74, 6) is 2.83. The quantitative estimate of drug-likeness (QED) is 0.449. The van der Waals surface area contributed by atoms with Gasteiger partial charge in [0.05, 0.1) is 11.5 Å². The van der Waals surface area contributed by atoms with Gasteiger partial charge >= 0.3 is 0 Å². The van der Waals surface area contributed by atoms with Crippen LogP contribution in [0.3, 0.4) is 0 Å². The van der Waals surface area contributed by atoms with Crippen molar-refractivity contribution < 1.29 is 0 Å². The summed E-state index contributed by atoms with van der Waals surface area (Å²) in [4.78, 5) is 0. The minimum atomic E-state index is 0.0470. The molecular formula is C21H37N. The first-order valence-corrected chi connectivity index (χ1v) is 10.1. The average Bonchev–Trinajstić information content (AvgIpc) is 2.55. The number of nitriles is 1. The van der Waals surface area contributed by atoms with Gasteiger partial charge in [-0.3, -0.25) is 0 Å². The topological polar surface area (TPSA) is 23.8 Å². The monoisotopic (exact) mass is 303 g/mol. The second-order valence-electron chi connectivity index (χ2n) is 8.29. The van der Waals surface area contributed by atoms with Gasteiger partial charge in [-0.2, -0.15) is 5.26 Å². The molecule has 1 heteroatoms. The summed E-state index contributed by atoms with van der Waals surface area (Å²) in [6, 6.07) is 2.76. The third-order valence-corrected chi connectivity index (χ3v) is 6.61. The molecule has 2 aliphatic rings. The van der Waals surface area contributed by atoms with Crippen LogP contribution in [0.4, 0.5) is 0 Å². The van der Waals surface area contributed by atoms with E-state index in [0.29, 0.717) is 0 Å². The molecule has 0 aliphatic heterocycles. The Morgan fingerprint density at radius 1 is 0.955 bits per heavy atom. The number of hydrogen-bond acceptors (Lipinski definition) is 1. The first-order valence-electron chi connectivity index (χ1n) is 10.1. The van der Waals surface area contributed by atoms with Gasteiger partial charge in [0.2, 0.25) is 0 Å². The normalized spacial score (nSPS) is 34.9. The Balaban J connectivity index is 1.81. The second-order valence-corrected chi connectivity index (χ2v) is 8.29. The van der Waals surface area contributed by atoms with Gasteiger partial charge in [0.15, 0.2) is 0 Å². The molecule has 0 radical (unpaired) electrons. The molecule has 2 rings (SSSR count). The van der Waals surface area contributed by atoms with E-state index in [1.165, 1.54) is 89.9 Å². The Kier molecular flexibility index (Phi) is 7.26. The van der Waals surface area contributed by atoms with Gasteiger partial charge in [-0.25, -0.2) is 0 Å². The second kappa shape index (κ2) is 8.95. The third-order valence-electron chi connectivity index (χ3n) is 6.61. The van der Waals surface area contributed by atoms with Crippen LogP contribution in [0.1, 0.15) is 104 Å². The van der Waals surface area contributed by atoms with E-state index in [4.69, 9.17) is 0 Å². The van der Waals surface area contributed by atoms with Crippen molar-refractivity contribution in [2.45, 2.75) is 104 Å². The fourth-order valence-corrected chi connectivity index (χ4v) is 5.15. The van der Waals surface area contributed by atoms with Gasteiger partial charge in [0.1, 0.15) is 0 Å². The van der Waals surface area contributed by atoms with Crippen molar-refractivity contribution in [2.75, 3.05) is 0 Å². The Bertz CT molecular complexity index is 355. The molecule has 126 valence electrons. The van der Waals surface area contributed by atoms with E-state index in [2.05, 4.69) is 19.9 Å². The lowest BCUT2D eigenvalue weighted by Crippen LogP contribution is -2.36. The lowest BCUT2D eigenvalue weighted by molar-refractivity contribution is 0.0616. The highest BCUT2D eigenvalue weighted by atomic mass is 14.5. The predicted octanol–water partition coefficient (Wildman–Crippen LogP) is 6.87. The van der Waals surface area contributed by atoms with Crippen molar-refractivity contribution in [3.05, 3.63) is 0 Å². The van der Waals surface area contributed by atoms with Crippen molar-refractivity contribution in [3.8, 4) is 6.07 Å². The van der Waals surface area contributed by atoms with Gasteiger partial charge < -0.3 is 0 Å². The number of nitrogens with zero attached hydrogens (tertiary/aromatic N) is 1. The molecule has 0 bridgehead atoms. The zero-order valence-corrected chi connectivity index (χ0v) is 15.1. The minimum Gasteiger partial charge on any atom is -0.198 e. The van der Waals surface area contributed by atoms with E-state index < -0.39 is 0 Å². The van der Waals surface area contributed by atoms with Gasteiger partial charge in [-0.15, -0.1) is 0 Å². The van der Waals surface area contributed by atoms with Crippen LogP contribution in [0.5, 0.6) is 0 Å². The molecule has 0 spiro atoms. The van der Waals surface area contributed by atoms with E-state index in [-0.39, 0.29) is 5.41 Å². The standard InChI is InChI=1S/C21H37N/c1-3-5-7-9-18-10-11-20-16-21(17-22,13-8-6-4-2)14-12-19(20)15-18/h18-20H,3-16H2,1-2H3/t18-,19+,20?,21-/m0/s1. The SMILES string of the molecule is CCCCC[C@H]1CCC2C[C@](C#N)(CCCCC)CC[C@@H]2C1. The Labute approximate surface area is 138 Å². The summed E-state index contributed by atoms with van der Waals surface area (Å²) in [7, 11) is 0. The summed E-state index contributed by atoms with van der Waals surface area (Å²) in [6.07, 6.45) is 18.8. The molecule has 0 N–H and O–H groups in total. The van der Waals surface area contributed by atoms with Crippen LogP contribution in [0.25, 0.3) is 0 Å². The minimum absolute atomic E-state index is 0.0470. The summed E-state index contributed by atoms with van der Waals surface area (Å²) in [5, 5.41) is 9.78. The highest BCUT2D eigenvalue weighted by Crippen LogP contribution is 2.51. The first kappa shape index (κ1) is 17.8. The summed E-state index contributed by atoms with van der Waals surface area (Å²) in [6.45, 7) is 4.56. The first-order chi connectivity index (χ1) is 10.7. The molecule has 0 amide bonds. The maximum atomic E-state index is 9.78. The van der Waals surface area contributed by atoms with Crippen LogP contribution >= 0.6 is 0 Å². The number of hydrogen-bond donors (Lipinski definition) is 0. The van der Waals surface area contributed by atoms with Crippen LogP contribution in [0.2, 0.25) is 0 Å². The Morgan fingerprint density at radius 3 is 2.45 bits per heavy atom. The Hall–Kier alpha value is -0.510. The Morgan fingerprint density at radius 2 is 1.73 bits per heavy atom. The van der Waals surface area contributed by atoms with Crippen LogP contribution in [-0.2, 0) is 0 Å². The lowest BCUT2D eigenvalue weighted by atomic mass is 9.58. The van der Waals surface area contributed by atoms with E-state index in [0.717, 1.165) is 17.8 Å². The molecule has 0 aromatic carbocycles. The average molecular weight is 304 g/mol. The van der Waals surface area contributed by atoms with E-state index in [1.54, 1.807) is 0 Å². The van der Waals surface area contributed by atoms with Gasteiger partial charge in [-0.1, -0.05) is 65.2 Å². The molecule has 2 aliphatic carbocycles. The molecule has 0 aromatic rings. The zero-order valence-electron chi connectivity index (χ0n) is 15.1. The summed E-state index contributed by atoms with van der Waals surface area (Å²) in [5.41, 5.74) is 0.0470. The lowest BCUT2D eigenvalue weighted by Gasteiger charge is -2.45. The molecule has 0 aromatic heterocycles. The molecule has 4 atom stereocenters. The smallest absolute Gasteiger partial charge is 0.0689 e. The molecule has 0 heterocycles. The van der Waals surface area contributed by atoms with Crippen LogP contribution in [0, 0.1) is 34.5 Å². The molecular weight excluding hydrogens is 266 g/mol. The van der Waals surface area contributed by atoms with Crippen LogP contribution in [0.15, 0.2) is 0 Å². The maximum Gasteiger partial charge on any atom is 0.0689 e. The molecule has 2 fully saturated rings. The molecule has 2 saturated carbocycles. The van der Waals surface area contributed by atoms with Gasteiger partial charge in [-0.05, 0) is 56.3 Å². The fraction of sp³-hybridized carbons (Fsp3) is 0.952. The van der Waals surface area contributed by atoms with Crippen LogP contribution < -0.4 is 0 Å². The van der Waals surface area contributed by atoms with E-state index in [1.807, 2.05) is 0 Å². The predicted molar refractivity (Wildman–Crippen MR) is 94.5 cm³/mol. The summed E-state index contributed by atoms with van der Waals surface area (Å²) < 4.78 is 0. The van der Waals surface area contributed by atoms with Crippen molar-refractivity contribution in [2.24, 2.45) is 23.2 Å². The number of rotatable bonds is 8. The molecule has 1 unspecified atom stereocenters. The molecule has 22 heavy (non-hydrogen) atoms. The molecule has 1 nitrogen and oxygen atoms in total. The summed E-state index contributed by atoms with van der Waals surface area (Å²) >= 11 is 0. The van der Waals surface area contributed by atoms with E-state index >= 15 is 0 Å². The largest absolute Gasteiger partial charge is 0.198 e. The fourth-order valence-electron chi connectivity index (χ4n) is 5.15.